The first-order chi connectivity index (χ1) is 14.9. The molecule has 1 aliphatic carbocycles. The minimum atomic E-state index is -4.39. The lowest BCUT2D eigenvalue weighted by molar-refractivity contribution is -0.167. The van der Waals surface area contributed by atoms with Crippen molar-refractivity contribution in [3.8, 4) is 0 Å². The summed E-state index contributed by atoms with van der Waals surface area (Å²) in [7, 11) is 0. The third-order valence-electron chi connectivity index (χ3n) is 6.46. The van der Waals surface area contributed by atoms with Gasteiger partial charge >= 0.3 is 18.2 Å². The molecule has 8 heteroatoms. The Morgan fingerprint density at radius 3 is 2.47 bits per heavy atom. The molecule has 2 fully saturated rings. The third kappa shape index (κ3) is 5.21. The van der Waals surface area contributed by atoms with E-state index in [4.69, 9.17) is 9.47 Å². The Kier molecular flexibility index (Phi) is 6.82. The molecule has 1 aromatic carbocycles. The Morgan fingerprint density at radius 2 is 1.88 bits per heavy atom. The lowest BCUT2D eigenvalue weighted by Gasteiger charge is -2.51. The standard InChI is InChI=1S/C24H32F3NO4/c1-5-31-20(29)23(10-7-11-28(15-23)21(30)32-22(2,3)4)19-13-17(14-19)16-8-6-9-18(12-16)24(25,26)27/h6,8-9,12,17,19H,5,7,10-11,13-15H2,1-4H3. The topological polar surface area (TPSA) is 55.8 Å². The van der Waals surface area contributed by atoms with Gasteiger partial charge in [0.1, 0.15) is 5.60 Å². The highest BCUT2D eigenvalue weighted by molar-refractivity contribution is 5.79. The van der Waals surface area contributed by atoms with E-state index in [2.05, 4.69) is 0 Å². The molecule has 1 aromatic rings. The summed E-state index contributed by atoms with van der Waals surface area (Å²) in [6.07, 6.45) is -2.44. The molecule has 1 unspecified atom stereocenters. The molecule has 178 valence electrons. The SMILES string of the molecule is CCOC(=O)C1(C2CC(c3cccc(C(F)(F)F)c3)C2)CCCN(C(=O)OC(C)(C)C)C1. The van der Waals surface area contributed by atoms with Crippen molar-refractivity contribution in [1.82, 2.24) is 4.90 Å². The van der Waals surface area contributed by atoms with Gasteiger partial charge in [-0.1, -0.05) is 18.2 Å². The van der Waals surface area contributed by atoms with Gasteiger partial charge in [-0.2, -0.15) is 13.2 Å². The summed E-state index contributed by atoms with van der Waals surface area (Å²) in [6.45, 7) is 8.06. The average molecular weight is 456 g/mol. The van der Waals surface area contributed by atoms with Gasteiger partial charge in [0.15, 0.2) is 0 Å². The zero-order valence-electron chi connectivity index (χ0n) is 19.1. The number of hydrogen-bond acceptors (Lipinski definition) is 4. The molecule has 0 bridgehead atoms. The Morgan fingerprint density at radius 1 is 1.19 bits per heavy atom. The van der Waals surface area contributed by atoms with Crippen LogP contribution >= 0.6 is 0 Å². The lowest BCUT2D eigenvalue weighted by Crippen LogP contribution is -2.57. The summed E-state index contributed by atoms with van der Waals surface area (Å²) < 4.78 is 50.2. The van der Waals surface area contributed by atoms with Crippen LogP contribution in [0.5, 0.6) is 0 Å². The highest BCUT2D eigenvalue weighted by Crippen LogP contribution is 2.54. The highest BCUT2D eigenvalue weighted by Gasteiger charge is 2.55. The van der Waals surface area contributed by atoms with Gasteiger partial charge in [-0.15, -0.1) is 0 Å². The van der Waals surface area contributed by atoms with Crippen molar-refractivity contribution in [2.45, 2.75) is 71.1 Å². The van der Waals surface area contributed by atoms with Crippen LogP contribution in [0.2, 0.25) is 0 Å². The van der Waals surface area contributed by atoms with Crippen molar-refractivity contribution < 1.29 is 32.2 Å². The van der Waals surface area contributed by atoms with E-state index in [1.807, 2.05) is 0 Å². The molecule has 0 N–H and O–H groups in total. The second-order valence-corrected chi connectivity index (χ2v) is 9.87. The largest absolute Gasteiger partial charge is 0.466 e. The average Bonchev–Trinajstić information content (AvgIpc) is 2.65. The molecule has 1 saturated heterocycles. The van der Waals surface area contributed by atoms with Crippen LogP contribution in [0.3, 0.4) is 0 Å². The molecule has 1 aliphatic heterocycles. The summed E-state index contributed by atoms with van der Waals surface area (Å²) in [6, 6.07) is 5.41. The van der Waals surface area contributed by atoms with Gasteiger partial charge in [-0.3, -0.25) is 4.79 Å². The van der Waals surface area contributed by atoms with Crippen molar-refractivity contribution in [1.29, 1.82) is 0 Å². The molecular weight excluding hydrogens is 423 g/mol. The number of rotatable bonds is 4. The van der Waals surface area contributed by atoms with Gasteiger partial charge in [0.25, 0.3) is 0 Å². The number of halogens is 3. The summed E-state index contributed by atoms with van der Waals surface area (Å²) in [5.41, 5.74) is -1.53. The molecule has 1 saturated carbocycles. The van der Waals surface area contributed by atoms with Crippen molar-refractivity contribution >= 4 is 12.1 Å². The first-order valence-corrected chi connectivity index (χ1v) is 11.2. The highest BCUT2D eigenvalue weighted by atomic mass is 19.4. The van der Waals surface area contributed by atoms with Crippen molar-refractivity contribution in [2.75, 3.05) is 19.7 Å². The summed E-state index contributed by atoms with van der Waals surface area (Å²) >= 11 is 0. The molecule has 2 aliphatic rings. The van der Waals surface area contributed by atoms with Gasteiger partial charge in [0.05, 0.1) is 17.6 Å². The summed E-state index contributed by atoms with van der Waals surface area (Å²) in [5.74, 6) is -0.447. The number of ether oxygens (including phenoxy) is 2. The first-order valence-electron chi connectivity index (χ1n) is 11.2. The van der Waals surface area contributed by atoms with Crippen LogP contribution in [0.15, 0.2) is 24.3 Å². The van der Waals surface area contributed by atoms with Crippen LogP contribution < -0.4 is 0 Å². The Bertz CT molecular complexity index is 842. The number of carbonyl (C=O) groups is 2. The van der Waals surface area contributed by atoms with E-state index in [9.17, 15) is 22.8 Å². The zero-order valence-corrected chi connectivity index (χ0v) is 19.1. The van der Waals surface area contributed by atoms with E-state index in [0.29, 0.717) is 37.8 Å². The second-order valence-electron chi connectivity index (χ2n) is 9.87. The smallest absolute Gasteiger partial charge is 0.416 e. The molecule has 0 aromatic heterocycles. The van der Waals surface area contributed by atoms with E-state index < -0.39 is 28.8 Å². The van der Waals surface area contributed by atoms with Crippen LogP contribution in [0.1, 0.15) is 70.4 Å². The molecule has 5 nitrogen and oxygen atoms in total. The van der Waals surface area contributed by atoms with Gasteiger partial charge in [0.2, 0.25) is 0 Å². The minimum absolute atomic E-state index is 0.0505. The maximum absolute atomic E-state index is 13.1. The molecular formula is C24H32F3NO4. The number of piperidine rings is 1. The number of nitrogens with zero attached hydrogens (tertiary/aromatic N) is 1. The summed E-state index contributed by atoms with van der Waals surface area (Å²) in [5, 5.41) is 0. The fraction of sp³-hybridized carbons (Fsp3) is 0.667. The third-order valence-corrected chi connectivity index (χ3v) is 6.46. The van der Waals surface area contributed by atoms with Crippen molar-refractivity contribution in [2.24, 2.45) is 11.3 Å². The van der Waals surface area contributed by atoms with Crippen LogP contribution in [0.4, 0.5) is 18.0 Å². The number of benzene rings is 1. The van der Waals surface area contributed by atoms with Crippen LogP contribution in [-0.2, 0) is 20.4 Å². The number of hydrogen-bond donors (Lipinski definition) is 0. The molecule has 32 heavy (non-hydrogen) atoms. The fourth-order valence-corrected chi connectivity index (χ4v) is 4.82. The molecule has 1 heterocycles. The predicted octanol–water partition coefficient (Wildman–Crippen LogP) is 5.78. The number of carbonyl (C=O) groups excluding carboxylic acids is 2. The van der Waals surface area contributed by atoms with E-state index >= 15 is 0 Å². The van der Waals surface area contributed by atoms with Crippen LogP contribution in [0.25, 0.3) is 0 Å². The Balaban J connectivity index is 1.78. The number of esters is 1. The molecule has 3 rings (SSSR count). The molecule has 1 atom stereocenters. The van der Waals surface area contributed by atoms with Gasteiger partial charge in [0, 0.05) is 13.1 Å². The number of amides is 1. The quantitative estimate of drug-likeness (QED) is 0.540. The fourth-order valence-electron chi connectivity index (χ4n) is 4.82. The molecule has 1 amide bonds. The monoisotopic (exact) mass is 455 g/mol. The van der Waals surface area contributed by atoms with E-state index in [1.54, 1.807) is 38.7 Å². The Labute approximate surface area is 187 Å². The number of alkyl halides is 3. The maximum Gasteiger partial charge on any atom is 0.416 e. The molecule has 0 spiro atoms. The predicted molar refractivity (Wildman–Crippen MR) is 113 cm³/mol. The van der Waals surface area contributed by atoms with Crippen molar-refractivity contribution in [3.63, 3.8) is 0 Å². The normalized spacial score (nSPS) is 26.3. The lowest BCUT2D eigenvalue weighted by atomic mass is 9.56. The summed E-state index contributed by atoms with van der Waals surface area (Å²) in [4.78, 5) is 27.3. The minimum Gasteiger partial charge on any atom is -0.466 e. The van der Waals surface area contributed by atoms with Gasteiger partial charge in [-0.25, -0.2) is 4.79 Å². The Hall–Kier alpha value is -2.25. The zero-order chi connectivity index (χ0) is 23.7. The van der Waals surface area contributed by atoms with Crippen LogP contribution in [0, 0.1) is 11.3 Å². The van der Waals surface area contributed by atoms with E-state index in [-0.39, 0.29) is 31.0 Å². The van der Waals surface area contributed by atoms with Gasteiger partial charge in [-0.05, 0) is 76.8 Å². The van der Waals surface area contributed by atoms with Crippen molar-refractivity contribution in [3.05, 3.63) is 35.4 Å². The second kappa shape index (κ2) is 8.94. The van der Waals surface area contributed by atoms with Gasteiger partial charge < -0.3 is 14.4 Å². The number of likely N-dealkylation sites (tertiary alicyclic amines) is 1. The first kappa shape index (κ1) is 24.4. The van der Waals surface area contributed by atoms with E-state index in [1.165, 1.54) is 12.1 Å². The molecule has 0 radical (unpaired) electrons. The van der Waals surface area contributed by atoms with E-state index in [0.717, 1.165) is 6.07 Å². The van der Waals surface area contributed by atoms with Crippen LogP contribution in [-0.4, -0.2) is 42.3 Å². The maximum atomic E-state index is 13.1.